The Morgan fingerprint density at radius 2 is 2.08 bits per heavy atom. The average Bonchev–Trinajstić information content (AvgIpc) is 3.32. The molecule has 5 nitrogen and oxygen atoms in total. The molecule has 3 N–H and O–H groups in total. The quantitative estimate of drug-likeness (QED) is 0.767. The molecule has 6 heteroatoms. The third kappa shape index (κ3) is 2.91. The fraction of sp³-hybridized carbons (Fsp3) is 0.211. The van der Waals surface area contributed by atoms with Crippen LogP contribution in [-0.4, -0.2) is 22.0 Å². The number of carbonyl (C=O) groups is 1. The number of amides is 1. The lowest BCUT2D eigenvalue weighted by atomic mass is 10.0. The van der Waals surface area contributed by atoms with Gasteiger partial charge in [-0.05, 0) is 36.4 Å². The zero-order valence-corrected chi connectivity index (χ0v) is 13.7. The van der Waals surface area contributed by atoms with E-state index in [2.05, 4.69) is 15.3 Å². The van der Waals surface area contributed by atoms with Crippen LogP contribution >= 0.6 is 0 Å². The van der Waals surface area contributed by atoms with Gasteiger partial charge in [-0.2, -0.15) is 0 Å². The van der Waals surface area contributed by atoms with Crippen molar-refractivity contribution in [2.75, 3.05) is 11.1 Å². The van der Waals surface area contributed by atoms with Crippen molar-refractivity contribution < 1.29 is 9.18 Å². The van der Waals surface area contributed by atoms with E-state index in [0.717, 1.165) is 22.2 Å². The van der Waals surface area contributed by atoms with Gasteiger partial charge in [0.15, 0.2) is 0 Å². The summed E-state index contributed by atoms with van der Waals surface area (Å²) in [6.45, 7) is 2.01. The number of pyridine rings is 2. The molecule has 1 saturated carbocycles. The number of hydrogen-bond donors (Lipinski definition) is 2. The third-order valence-electron chi connectivity index (χ3n) is 4.47. The lowest BCUT2D eigenvalue weighted by molar-refractivity contribution is -0.117. The summed E-state index contributed by atoms with van der Waals surface area (Å²) in [4.78, 5) is 20.6. The van der Waals surface area contributed by atoms with E-state index in [0.29, 0.717) is 17.0 Å². The smallest absolute Gasteiger partial charge is 0.231 e. The topological polar surface area (TPSA) is 80.9 Å². The molecular formula is C19H17FN4O. The number of fused-ring (bicyclic) bond motifs is 1. The van der Waals surface area contributed by atoms with Gasteiger partial charge in [0.1, 0.15) is 17.8 Å². The molecule has 3 aromatic rings. The predicted octanol–water partition coefficient (Wildman–Crippen LogP) is 3.48. The summed E-state index contributed by atoms with van der Waals surface area (Å²) in [5.74, 6) is -0.117. The van der Waals surface area contributed by atoms with Crippen LogP contribution in [0.25, 0.3) is 22.0 Å². The third-order valence-corrected chi connectivity index (χ3v) is 4.47. The van der Waals surface area contributed by atoms with Crippen LogP contribution in [0.5, 0.6) is 0 Å². The number of nitrogens with one attached hydrogen (secondary N) is 1. The second-order valence-corrected chi connectivity index (χ2v) is 6.35. The molecule has 1 amide bonds. The van der Waals surface area contributed by atoms with E-state index in [4.69, 9.17) is 5.73 Å². The molecule has 2 atom stereocenters. The average molecular weight is 336 g/mol. The molecule has 0 saturated heterocycles. The van der Waals surface area contributed by atoms with Gasteiger partial charge in [-0.1, -0.05) is 24.3 Å². The van der Waals surface area contributed by atoms with Crippen molar-refractivity contribution in [2.45, 2.75) is 19.5 Å². The number of nitrogens with zero attached hydrogens (tertiary/aromatic N) is 2. The van der Waals surface area contributed by atoms with Crippen LogP contribution in [0.15, 0.2) is 42.6 Å². The van der Waals surface area contributed by atoms with Gasteiger partial charge >= 0.3 is 0 Å². The Kier molecular flexibility index (Phi) is 3.60. The Balaban J connectivity index is 1.73. The van der Waals surface area contributed by atoms with Gasteiger partial charge in [-0.15, -0.1) is 0 Å². The highest BCUT2D eigenvalue weighted by Gasteiger charge is 2.43. The maximum absolute atomic E-state index is 13.0. The minimum absolute atomic E-state index is 0.285. The summed E-state index contributed by atoms with van der Waals surface area (Å²) < 4.78 is 13.0. The van der Waals surface area contributed by atoms with E-state index in [-0.39, 0.29) is 12.3 Å². The zero-order valence-electron chi connectivity index (χ0n) is 13.7. The standard InChI is InChI=1S/C19H17FN4O/c1-10-4-2-3-5-12(10)16-6-11-7-17(22-9-14(11)18(21)23-16)24-19(25)13-8-15(13)20/h2-7,9,13,15H,8H2,1H3,(H2,21,23)(H,22,24,25)/t13-,15-/m1/s1. The summed E-state index contributed by atoms with van der Waals surface area (Å²) in [6.07, 6.45) is 0.829. The highest BCUT2D eigenvalue weighted by atomic mass is 19.1. The van der Waals surface area contributed by atoms with Gasteiger partial charge in [-0.3, -0.25) is 4.79 Å². The van der Waals surface area contributed by atoms with Crippen LogP contribution < -0.4 is 11.1 Å². The van der Waals surface area contributed by atoms with Crippen molar-refractivity contribution >= 4 is 28.3 Å². The summed E-state index contributed by atoms with van der Waals surface area (Å²) in [7, 11) is 0. The number of benzene rings is 1. The highest BCUT2D eigenvalue weighted by Crippen LogP contribution is 2.35. The number of hydrogen-bond acceptors (Lipinski definition) is 4. The molecule has 1 aliphatic rings. The molecule has 4 rings (SSSR count). The van der Waals surface area contributed by atoms with Crippen molar-refractivity contribution in [2.24, 2.45) is 5.92 Å². The van der Waals surface area contributed by atoms with E-state index in [1.165, 1.54) is 0 Å². The van der Waals surface area contributed by atoms with Crippen molar-refractivity contribution in [1.82, 2.24) is 9.97 Å². The largest absolute Gasteiger partial charge is 0.383 e. The zero-order chi connectivity index (χ0) is 17.6. The number of nitrogens with two attached hydrogens (primary N) is 1. The molecule has 0 aliphatic heterocycles. The number of aromatic nitrogens is 2. The number of aryl methyl sites for hydroxylation is 1. The van der Waals surface area contributed by atoms with E-state index in [1.807, 2.05) is 37.3 Å². The minimum Gasteiger partial charge on any atom is -0.383 e. The molecular weight excluding hydrogens is 319 g/mol. The van der Waals surface area contributed by atoms with Crippen LogP contribution in [0.1, 0.15) is 12.0 Å². The van der Waals surface area contributed by atoms with Gasteiger partial charge in [0.05, 0.1) is 11.6 Å². The molecule has 0 unspecified atom stereocenters. The Morgan fingerprint density at radius 1 is 1.32 bits per heavy atom. The summed E-state index contributed by atoms with van der Waals surface area (Å²) in [6, 6.07) is 11.6. The highest BCUT2D eigenvalue weighted by molar-refractivity contribution is 5.98. The van der Waals surface area contributed by atoms with Gasteiger partial charge in [0.25, 0.3) is 0 Å². The fourth-order valence-corrected chi connectivity index (χ4v) is 2.89. The molecule has 0 bridgehead atoms. The van der Waals surface area contributed by atoms with Crippen molar-refractivity contribution in [3.8, 4) is 11.3 Å². The van der Waals surface area contributed by atoms with Gasteiger partial charge in [-0.25, -0.2) is 14.4 Å². The van der Waals surface area contributed by atoms with Crippen LogP contribution in [0.3, 0.4) is 0 Å². The molecule has 2 heterocycles. The maximum atomic E-state index is 13.0. The summed E-state index contributed by atoms with van der Waals surface area (Å²) in [5.41, 5.74) is 8.94. The number of halogens is 1. The van der Waals surface area contributed by atoms with E-state index < -0.39 is 12.1 Å². The molecule has 1 aliphatic carbocycles. The number of rotatable bonds is 3. The molecule has 1 aromatic carbocycles. The lowest BCUT2D eigenvalue weighted by Crippen LogP contribution is -2.15. The second kappa shape index (κ2) is 5.81. The van der Waals surface area contributed by atoms with Gasteiger partial charge < -0.3 is 11.1 Å². The monoisotopic (exact) mass is 336 g/mol. The van der Waals surface area contributed by atoms with Crippen molar-refractivity contribution in [1.29, 1.82) is 0 Å². The summed E-state index contributed by atoms with van der Waals surface area (Å²) in [5, 5.41) is 4.20. The molecule has 126 valence electrons. The number of carbonyl (C=O) groups excluding carboxylic acids is 1. The number of anilines is 2. The Hall–Kier alpha value is -3.02. The first kappa shape index (κ1) is 15.5. The van der Waals surface area contributed by atoms with E-state index in [1.54, 1.807) is 12.3 Å². The van der Waals surface area contributed by atoms with Crippen LogP contribution in [0, 0.1) is 12.8 Å². The van der Waals surface area contributed by atoms with E-state index >= 15 is 0 Å². The maximum Gasteiger partial charge on any atom is 0.231 e. The van der Waals surface area contributed by atoms with Gasteiger partial charge in [0, 0.05) is 17.1 Å². The molecule has 0 radical (unpaired) electrons. The molecule has 0 spiro atoms. The van der Waals surface area contributed by atoms with Gasteiger partial charge in [0.2, 0.25) is 5.91 Å². The molecule has 2 aromatic heterocycles. The first-order valence-electron chi connectivity index (χ1n) is 8.10. The Labute approximate surface area is 144 Å². The number of alkyl halides is 1. The van der Waals surface area contributed by atoms with Crippen LogP contribution in [0.4, 0.5) is 16.0 Å². The van der Waals surface area contributed by atoms with E-state index in [9.17, 15) is 9.18 Å². The first-order chi connectivity index (χ1) is 12.0. The lowest BCUT2D eigenvalue weighted by Gasteiger charge is -2.10. The van der Waals surface area contributed by atoms with Crippen LogP contribution in [-0.2, 0) is 4.79 Å². The molecule has 1 fully saturated rings. The summed E-state index contributed by atoms with van der Waals surface area (Å²) >= 11 is 0. The molecule has 25 heavy (non-hydrogen) atoms. The first-order valence-corrected chi connectivity index (χ1v) is 8.10. The van der Waals surface area contributed by atoms with Crippen molar-refractivity contribution in [3.05, 3.63) is 48.2 Å². The Bertz CT molecular complexity index is 988. The fourth-order valence-electron chi connectivity index (χ4n) is 2.89. The second-order valence-electron chi connectivity index (χ2n) is 6.35. The SMILES string of the molecule is Cc1ccccc1-c1cc2cc(NC(=O)[C@@H]3C[C@H]3F)ncc2c(N)n1. The van der Waals surface area contributed by atoms with Crippen molar-refractivity contribution in [3.63, 3.8) is 0 Å². The van der Waals surface area contributed by atoms with Crippen LogP contribution in [0.2, 0.25) is 0 Å². The Morgan fingerprint density at radius 3 is 2.80 bits per heavy atom. The normalized spacial score (nSPS) is 19.0. The number of nitrogen functional groups attached to an aromatic ring is 1. The predicted molar refractivity (Wildman–Crippen MR) is 95.8 cm³/mol. The minimum atomic E-state index is -1.03.